The van der Waals surface area contributed by atoms with Crippen molar-refractivity contribution in [1.29, 1.82) is 0 Å². The summed E-state index contributed by atoms with van der Waals surface area (Å²) in [6.07, 6.45) is -3.09. The van der Waals surface area contributed by atoms with Gasteiger partial charge in [0.05, 0.1) is 6.10 Å². The Bertz CT molecular complexity index is 440. The summed E-state index contributed by atoms with van der Waals surface area (Å²) in [4.78, 5) is 6.90. The number of rotatable bonds is 8. The van der Waals surface area contributed by atoms with Crippen LogP contribution in [0.3, 0.4) is 0 Å². The lowest BCUT2D eigenvalue weighted by Gasteiger charge is -2.14. The lowest BCUT2D eigenvalue weighted by molar-refractivity contribution is -0.144. The first-order chi connectivity index (χ1) is 9.86. The van der Waals surface area contributed by atoms with Crippen LogP contribution in [0.4, 0.5) is 24.8 Å². The third kappa shape index (κ3) is 6.16. The highest BCUT2D eigenvalue weighted by atomic mass is 19.4. The van der Waals surface area contributed by atoms with Crippen molar-refractivity contribution in [2.45, 2.75) is 45.4 Å². The van der Waals surface area contributed by atoms with E-state index < -0.39 is 18.1 Å². The number of alkyl halides is 3. The van der Waals surface area contributed by atoms with Crippen LogP contribution in [0.2, 0.25) is 0 Å². The van der Waals surface area contributed by atoms with E-state index in [2.05, 4.69) is 20.6 Å². The van der Waals surface area contributed by atoms with Crippen LogP contribution < -0.4 is 10.6 Å². The van der Waals surface area contributed by atoms with Crippen molar-refractivity contribution in [3.8, 4) is 0 Å². The Morgan fingerprint density at radius 1 is 1.14 bits per heavy atom. The molecule has 0 saturated carbocycles. The molecular formula is C13H21F3N4O. The van der Waals surface area contributed by atoms with E-state index >= 15 is 0 Å². The van der Waals surface area contributed by atoms with Gasteiger partial charge in [-0.15, -0.1) is 0 Å². The van der Waals surface area contributed by atoms with Gasteiger partial charge in [0, 0.05) is 19.2 Å². The number of aliphatic hydroxyl groups excluding tert-OH is 1. The maximum atomic E-state index is 12.8. The molecule has 0 bridgehead atoms. The predicted molar refractivity (Wildman–Crippen MR) is 75.2 cm³/mol. The van der Waals surface area contributed by atoms with E-state index in [1.807, 2.05) is 13.8 Å². The summed E-state index contributed by atoms with van der Waals surface area (Å²) in [7, 11) is 0. The maximum absolute atomic E-state index is 12.8. The molecule has 5 nitrogen and oxygen atoms in total. The number of nitrogens with one attached hydrogen (secondary N) is 2. The summed E-state index contributed by atoms with van der Waals surface area (Å²) in [5.41, 5.74) is 0. The summed E-state index contributed by atoms with van der Waals surface area (Å²) in [6, 6.07) is 1.41. The van der Waals surface area contributed by atoms with Crippen molar-refractivity contribution in [2.75, 3.05) is 23.7 Å². The number of anilines is 2. The Balaban J connectivity index is 2.85. The second kappa shape index (κ2) is 8.02. The van der Waals surface area contributed by atoms with E-state index in [-0.39, 0.29) is 18.2 Å². The van der Waals surface area contributed by atoms with E-state index in [1.165, 1.54) is 6.07 Å². The lowest BCUT2D eigenvalue weighted by Crippen LogP contribution is -2.21. The van der Waals surface area contributed by atoms with Gasteiger partial charge in [0.15, 0.2) is 0 Å². The van der Waals surface area contributed by atoms with Crippen LogP contribution in [0, 0.1) is 0 Å². The summed E-state index contributed by atoms with van der Waals surface area (Å²) < 4.78 is 38.3. The molecule has 0 fully saturated rings. The molecule has 0 amide bonds. The minimum Gasteiger partial charge on any atom is -0.391 e. The van der Waals surface area contributed by atoms with E-state index in [1.54, 1.807) is 0 Å². The normalized spacial score (nSPS) is 13.0. The standard InChI is InChI=1S/C13H21F3N4O/c1-3-5-9(21)8-18-11-7-10(17-6-4-2)19-12(20-11)13(14,15)16/h7,9,21H,3-6,8H2,1-2H3,(H2,17,18,19,20). The second-order valence-electron chi connectivity index (χ2n) is 4.71. The zero-order valence-corrected chi connectivity index (χ0v) is 12.2. The fourth-order valence-electron chi connectivity index (χ4n) is 1.67. The first-order valence-electron chi connectivity index (χ1n) is 6.98. The summed E-state index contributed by atoms with van der Waals surface area (Å²) in [5.74, 6) is -1.03. The highest BCUT2D eigenvalue weighted by Crippen LogP contribution is 2.28. The van der Waals surface area contributed by atoms with Gasteiger partial charge in [0.2, 0.25) is 5.82 Å². The smallest absolute Gasteiger partial charge is 0.391 e. The fraction of sp³-hybridized carbons (Fsp3) is 0.692. The molecule has 21 heavy (non-hydrogen) atoms. The molecule has 0 aliphatic heterocycles. The Morgan fingerprint density at radius 3 is 2.29 bits per heavy atom. The van der Waals surface area contributed by atoms with Crippen LogP contribution in [0.5, 0.6) is 0 Å². The summed E-state index contributed by atoms with van der Waals surface area (Å²) in [5, 5.41) is 15.1. The van der Waals surface area contributed by atoms with Crippen molar-refractivity contribution in [2.24, 2.45) is 0 Å². The molecule has 1 heterocycles. The molecule has 120 valence electrons. The summed E-state index contributed by atoms with van der Waals surface area (Å²) in [6.45, 7) is 4.49. The fourth-order valence-corrected chi connectivity index (χ4v) is 1.67. The molecule has 0 spiro atoms. The Morgan fingerprint density at radius 2 is 1.76 bits per heavy atom. The molecule has 0 saturated heterocycles. The molecule has 0 aliphatic carbocycles. The minimum atomic E-state index is -4.61. The number of aliphatic hydroxyl groups is 1. The molecule has 1 aromatic heterocycles. The number of hydrogen-bond donors (Lipinski definition) is 3. The molecule has 3 N–H and O–H groups in total. The summed E-state index contributed by atoms with van der Waals surface area (Å²) >= 11 is 0. The maximum Gasteiger partial charge on any atom is 0.451 e. The molecule has 1 atom stereocenters. The monoisotopic (exact) mass is 306 g/mol. The molecular weight excluding hydrogens is 285 g/mol. The largest absolute Gasteiger partial charge is 0.451 e. The van der Waals surface area contributed by atoms with Gasteiger partial charge in [-0.3, -0.25) is 0 Å². The Kier molecular flexibility index (Phi) is 6.67. The van der Waals surface area contributed by atoms with Crippen molar-refractivity contribution in [3.63, 3.8) is 0 Å². The number of hydrogen-bond acceptors (Lipinski definition) is 5. The van der Waals surface area contributed by atoms with Gasteiger partial charge in [-0.05, 0) is 12.8 Å². The van der Waals surface area contributed by atoms with Crippen molar-refractivity contribution >= 4 is 11.6 Å². The Labute approximate surface area is 122 Å². The first kappa shape index (κ1) is 17.5. The predicted octanol–water partition coefficient (Wildman–Crippen LogP) is 2.89. The van der Waals surface area contributed by atoms with Crippen LogP contribution in [0.1, 0.15) is 38.9 Å². The molecule has 0 radical (unpaired) electrons. The van der Waals surface area contributed by atoms with E-state index in [4.69, 9.17) is 0 Å². The molecule has 1 unspecified atom stereocenters. The van der Waals surface area contributed by atoms with Crippen LogP contribution in [-0.2, 0) is 6.18 Å². The zero-order valence-electron chi connectivity index (χ0n) is 12.2. The zero-order chi connectivity index (χ0) is 15.9. The Hall–Kier alpha value is -1.57. The topological polar surface area (TPSA) is 70.1 Å². The quantitative estimate of drug-likeness (QED) is 0.689. The van der Waals surface area contributed by atoms with Gasteiger partial charge in [-0.1, -0.05) is 20.3 Å². The first-order valence-corrected chi connectivity index (χ1v) is 6.98. The van der Waals surface area contributed by atoms with Gasteiger partial charge in [-0.2, -0.15) is 13.2 Å². The molecule has 0 aliphatic rings. The van der Waals surface area contributed by atoms with Crippen LogP contribution in [0.25, 0.3) is 0 Å². The minimum absolute atomic E-state index is 0.0473. The van der Waals surface area contributed by atoms with Crippen LogP contribution >= 0.6 is 0 Å². The third-order valence-electron chi connectivity index (χ3n) is 2.68. The highest BCUT2D eigenvalue weighted by Gasteiger charge is 2.35. The van der Waals surface area contributed by atoms with Gasteiger partial charge in [0.25, 0.3) is 0 Å². The van der Waals surface area contributed by atoms with E-state index in [0.29, 0.717) is 13.0 Å². The average molecular weight is 306 g/mol. The molecule has 8 heteroatoms. The van der Waals surface area contributed by atoms with Crippen molar-refractivity contribution in [1.82, 2.24) is 9.97 Å². The van der Waals surface area contributed by atoms with Crippen LogP contribution in [-0.4, -0.2) is 34.3 Å². The SMILES string of the molecule is CCCNc1cc(NCC(O)CCC)nc(C(F)(F)F)n1. The highest BCUT2D eigenvalue weighted by molar-refractivity contribution is 5.47. The van der Waals surface area contributed by atoms with E-state index in [0.717, 1.165) is 12.8 Å². The van der Waals surface area contributed by atoms with Crippen LogP contribution in [0.15, 0.2) is 6.07 Å². The number of aromatic nitrogens is 2. The van der Waals surface area contributed by atoms with Crippen molar-refractivity contribution in [3.05, 3.63) is 11.9 Å². The van der Waals surface area contributed by atoms with Gasteiger partial charge < -0.3 is 15.7 Å². The molecule has 0 aromatic carbocycles. The van der Waals surface area contributed by atoms with Gasteiger partial charge >= 0.3 is 6.18 Å². The molecule has 1 rings (SSSR count). The third-order valence-corrected chi connectivity index (χ3v) is 2.68. The second-order valence-corrected chi connectivity index (χ2v) is 4.71. The van der Waals surface area contributed by atoms with Gasteiger partial charge in [0.1, 0.15) is 11.6 Å². The number of halogens is 3. The molecule has 1 aromatic rings. The van der Waals surface area contributed by atoms with E-state index in [9.17, 15) is 18.3 Å². The lowest BCUT2D eigenvalue weighted by atomic mass is 10.2. The number of nitrogens with zero attached hydrogens (tertiary/aromatic N) is 2. The average Bonchev–Trinajstić information content (AvgIpc) is 2.42. The van der Waals surface area contributed by atoms with Gasteiger partial charge in [-0.25, -0.2) is 9.97 Å². The van der Waals surface area contributed by atoms with Crippen molar-refractivity contribution < 1.29 is 18.3 Å².